The number of aryl methyl sites for hydroxylation is 1. The Morgan fingerprint density at radius 2 is 1.48 bits per heavy atom. The fourth-order valence-corrected chi connectivity index (χ4v) is 3.65. The van der Waals surface area contributed by atoms with Crippen LogP contribution in [-0.4, -0.2) is 22.4 Å². The highest BCUT2D eigenvalue weighted by molar-refractivity contribution is 5.76. The van der Waals surface area contributed by atoms with E-state index in [0.29, 0.717) is 44.2 Å². The van der Waals surface area contributed by atoms with Gasteiger partial charge in [0.05, 0.1) is 12.8 Å². The minimum atomic E-state index is 0.0727. The van der Waals surface area contributed by atoms with Crippen LogP contribution in [0, 0.1) is 0 Å². The van der Waals surface area contributed by atoms with Crippen molar-refractivity contribution in [2.75, 3.05) is 6.61 Å². The third-order valence-corrected chi connectivity index (χ3v) is 5.34. The Hall–Kier alpha value is -3.86. The van der Waals surface area contributed by atoms with E-state index >= 15 is 0 Å². The molecule has 0 N–H and O–H groups in total. The van der Waals surface area contributed by atoms with E-state index < -0.39 is 0 Å². The molecule has 0 saturated carbocycles. The highest BCUT2D eigenvalue weighted by Crippen LogP contribution is 2.24. The Bertz CT molecular complexity index is 1100. The van der Waals surface area contributed by atoms with E-state index in [4.69, 9.17) is 9.15 Å². The molecule has 0 aliphatic rings. The number of carbonyl (C=O) groups excluding carboxylic acids is 1. The van der Waals surface area contributed by atoms with E-state index in [1.165, 1.54) is 0 Å². The van der Waals surface area contributed by atoms with Crippen LogP contribution in [0.3, 0.4) is 0 Å². The molecule has 0 aliphatic heterocycles. The summed E-state index contributed by atoms with van der Waals surface area (Å²) >= 11 is 0. The second-order valence-corrected chi connectivity index (χ2v) is 7.80. The molecule has 4 rings (SSSR count). The van der Waals surface area contributed by atoms with Crippen molar-refractivity contribution < 1.29 is 13.9 Å². The largest absolute Gasteiger partial charge is 0.494 e. The SMILES string of the molecule is CCOc1ccc(-c2cnc(CCC(=O)N(Cc3ccccc3)Cc3ccccc3)o2)cc1. The van der Waals surface area contributed by atoms with Gasteiger partial charge in [-0.25, -0.2) is 4.98 Å². The van der Waals surface area contributed by atoms with Crippen molar-refractivity contribution in [3.8, 4) is 17.1 Å². The summed E-state index contributed by atoms with van der Waals surface area (Å²) < 4.78 is 11.4. The van der Waals surface area contributed by atoms with Gasteiger partial charge in [-0.05, 0) is 42.3 Å². The molecule has 1 amide bonds. The molecule has 33 heavy (non-hydrogen) atoms. The Morgan fingerprint density at radius 1 is 0.879 bits per heavy atom. The van der Waals surface area contributed by atoms with Gasteiger partial charge in [0.25, 0.3) is 0 Å². The van der Waals surface area contributed by atoms with E-state index in [1.807, 2.05) is 96.8 Å². The van der Waals surface area contributed by atoms with Crippen LogP contribution in [0.5, 0.6) is 5.75 Å². The molecule has 0 aliphatic carbocycles. The maximum atomic E-state index is 13.1. The number of nitrogens with zero attached hydrogens (tertiary/aromatic N) is 2. The first-order chi connectivity index (χ1) is 16.2. The molecule has 168 valence electrons. The molecule has 0 spiro atoms. The summed E-state index contributed by atoms with van der Waals surface area (Å²) in [5, 5.41) is 0. The molecule has 3 aromatic carbocycles. The van der Waals surface area contributed by atoms with Gasteiger partial charge in [0.2, 0.25) is 5.91 Å². The highest BCUT2D eigenvalue weighted by atomic mass is 16.5. The third kappa shape index (κ3) is 6.32. The lowest BCUT2D eigenvalue weighted by molar-refractivity contribution is -0.132. The molecule has 5 heteroatoms. The van der Waals surface area contributed by atoms with Gasteiger partial charge in [-0.1, -0.05) is 60.7 Å². The van der Waals surface area contributed by atoms with Crippen molar-refractivity contribution in [3.63, 3.8) is 0 Å². The van der Waals surface area contributed by atoms with Gasteiger partial charge >= 0.3 is 0 Å². The summed E-state index contributed by atoms with van der Waals surface area (Å²) in [6, 6.07) is 27.8. The average Bonchev–Trinajstić information content (AvgIpc) is 3.33. The molecule has 5 nitrogen and oxygen atoms in total. The topological polar surface area (TPSA) is 55.6 Å². The fourth-order valence-electron chi connectivity index (χ4n) is 3.65. The van der Waals surface area contributed by atoms with E-state index in [9.17, 15) is 4.79 Å². The molecule has 0 saturated heterocycles. The lowest BCUT2D eigenvalue weighted by atomic mass is 10.1. The van der Waals surface area contributed by atoms with Crippen LogP contribution >= 0.6 is 0 Å². The molecule has 1 heterocycles. The molecular weight excluding hydrogens is 412 g/mol. The lowest BCUT2D eigenvalue weighted by Gasteiger charge is -2.23. The highest BCUT2D eigenvalue weighted by Gasteiger charge is 2.16. The number of carbonyl (C=O) groups is 1. The summed E-state index contributed by atoms with van der Waals surface area (Å²) in [6.45, 7) is 3.72. The van der Waals surface area contributed by atoms with Gasteiger partial charge < -0.3 is 14.1 Å². The van der Waals surface area contributed by atoms with Crippen LogP contribution in [0.1, 0.15) is 30.4 Å². The van der Waals surface area contributed by atoms with Crippen molar-refractivity contribution in [1.82, 2.24) is 9.88 Å². The summed E-state index contributed by atoms with van der Waals surface area (Å²) in [5.41, 5.74) is 3.14. The van der Waals surface area contributed by atoms with Gasteiger partial charge in [-0.3, -0.25) is 4.79 Å². The molecule has 0 bridgehead atoms. The molecule has 4 aromatic rings. The van der Waals surface area contributed by atoms with Crippen molar-refractivity contribution in [3.05, 3.63) is 108 Å². The molecule has 0 unspecified atom stereocenters. The Morgan fingerprint density at radius 3 is 2.06 bits per heavy atom. The molecule has 0 radical (unpaired) electrons. The third-order valence-electron chi connectivity index (χ3n) is 5.34. The number of amides is 1. The predicted octanol–water partition coefficient (Wildman–Crippen LogP) is 5.90. The zero-order chi connectivity index (χ0) is 22.9. The predicted molar refractivity (Wildman–Crippen MR) is 129 cm³/mol. The zero-order valence-corrected chi connectivity index (χ0v) is 18.8. The van der Waals surface area contributed by atoms with Crippen LogP contribution in [0.4, 0.5) is 0 Å². The number of aromatic nitrogens is 1. The van der Waals surface area contributed by atoms with Gasteiger partial charge in [0, 0.05) is 31.5 Å². The normalized spacial score (nSPS) is 10.7. The van der Waals surface area contributed by atoms with E-state index in [1.54, 1.807) is 6.20 Å². The van der Waals surface area contributed by atoms with Crippen molar-refractivity contribution in [2.24, 2.45) is 0 Å². The second kappa shape index (κ2) is 11.1. The average molecular weight is 441 g/mol. The number of rotatable bonds is 10. The number of hydrogen-bond donors (Lipinski definition) is 0. The van der Waals surface area contributed by atoms with Crippen LogP contribution in [0.15, 0.2) is 95.5 Å². The Balaban J connectivity index is 1.40. The molecule has 1 aromatic heterocycles. The van der Waals surface area contributed by atoms with Crippen LogP contribution < -0.4 is 4.74 Å². The van der Waals surface area contributed by atoms with Crippen LogP contribution in [0.2, 0.25) is 0 Å². The van der Waals surface area contributed by atoms with Crippen molar-refractivity contribution in [2.45, 2.75) is 32.9 Å². The first-order valence-electron chi connectivity index (χ1n) is 11.2. The second-order valence-electron chi connectivity index (χ2n) is 7.80. The lowest BCUT2D eigenvalue weighted by Crippen LogP contribution is -2.30. The maximum absolute atomic E-state index is 13.1. The summed E-state index contributed by atoms with van der Waals surface area (Å²) in [4.78, 5) is 19.4. The van der Waals surface area contributed by atoms with Crippen molar-refractivity contribution >= 4 is 5.91 Å². The molecule has 0 atom stereocenters. The zero-order valence-electron chi connectivity index (χ0n) is 18.8. The summed E-state index contributed by atoms with van der Waals surface area (Å²) in [5.74, 6) is 2.14. The van der Waals surface area contributed by atoms with Gasteiger partial charge in [-0.2, -0.15) is 0 Å². The summed E-state index contributed by atoms with van der Waals surface area (Å²) in [7, 11) is 0. The fraction of sp³-hybridized carbons (Fsp3) is 0.214. The number of oxazole rings is 1. The van der Waals surface area contributed by atoms with Crippen LogP contribution in [-0.2, 0) is 24.3 Å². The van der Waals surface area contributed by atoms with Gasteiger partial charge in [0.1, 0.15) is 5.75 Å². The van der Waals surface area contributed by atoms with E-state index in [2.05, 4.69) is 4.98 Å². The first kappa shape index (κ1) is 22.3. The number of hydrogen-bond acceptors (Lipinski definition) is 4. The van der Waals surface area contributed by atoms with Gasteiger partial charge in [0.15, 0.2) is 11.7 Å². The quantitative estimate of drug-likeness (QED) is 0.308. The van der Waals surface area contributed by atoms with E-state index in [0.717, 1.165) is 22.4 Å². The monoisotopic (exact) mass is 440 g/mol. The van der Waals surface area contributed by atoms with Crippen molar-refractivity contribution in [1.29, 1.82) is 0 Å². The molecule has 0 fully saturated rings. The number of benzene rings is 3. The minimum absolute atomic E-state index is 0.0727. The smallest absolute Gasteiger partial charge is 0.223 e. The van der Waals surface area contributed by atoms with Crippen LogP contribution in [0.25, 0.3) is 11.3 Å². The maximum Gasteiger partial charge on any atom is 0.223 e. The Labute approximate surface area is 194 Å². The standard InChI is InChI=1S/C28H28N2O3/c1-2-32-25-15-13-24(14-16-25)26-19-29-27(33-26)17-18-28(31)30(20-22-9-5-3-6-10-22)21-23-11-7-4-8-12-23/h3-16,19H,2,17-18,20-21H2,1H3. The number of ether oxygens (including phenoxy) is 1. The minimum Gasteiger partial charge on any atom is -0.494 e. The van der Waals surface area contributed by atoms with Gasteiger partial charge in [-0.15, -0.1) is 0 Å². The van der Waals surface area contributed by atoms with E-state index in [-0.39, 0.29) is 5.91 Å². The Kier molecular flexibility index (Phi) is 7.54. The molecular formula is C28H28N2O3. The summed E-state index contributed by atoms with van der Waals surface area (Å²) in [6.07, 6.45) is 2.50. The first-order valence-corrected chi connectivity index (χ1v) is 11.2.